The van der Waals surface area contributed by atoms with E-state index in [0.29, 0.717) is 0 Å². The highest BCUT2D eigenvalue weighted by Crippen LogP contribution is 2.34. The summed E-state index contributed by atoms with van der Waals surface area (Å²) in [5.74, 6) is -21.5. The number of benzene rings is 3. The van der Waals surface area contributed by atoms with Crippen LogP contribution in [0.15, 0.2) is 36.8 Å². The van der Waals surface area contributed by atoms with Crippen molar-refractivity contribution in [1.82, 2.24) is 24.9 Å². The van der Waals surface area contributed by atoms with Gasteiger partial charge in [-0.3, -0.25) is 9.69 Å². The topological polar surface area (TPSA) is 148 Å². The van der Waals surface area contributed by atoms with Crippen molar-refractivity contribution in [2.45, 2.75) is 0 Å². The molecule has 3 aromatic heterocycles. The normalized spacial score (nSPS) is 12.0. The number of nitriles is 1. The minimum Gasteiger partial charge on any atom is -0.430 e. The molecule has 0 saturated heterocycles. The van der Waals surface area contributed by atoms with E-state index in [4.69, 9.17) is 22.0 Å². The van der Waals surface area contributed by atoms with E-state index in [0.717, 1.165) is 0 Å². The lowest BCUT2D eigenvalue weighted by atomic mass is 10.2. The van der Waals surface area contributed by atoms with Crippen LogP contribution in [0.1, 0.15) is 5.82 Å². The number of nitrogens with zero attached hydrogens (tertiary/aromatic N) is 10. The second-order valence-electron chi connectivity index (χ2n) is 9.30. The molecule has 0 atom stereocenters. The first kappa shape index (κ1) is 29.6. The Bertz CT molecular complexity index is 2510. The fourth-order valence-corrected chi connectivity index (χ4v) is 4.38. The maximum Gasteiger partial charge on any atom is 0.266 e. The summed E-state index contributed by atoms with van der Waals surface area (Å²) in [6.07, 6.45) is 0. The average molecular weight is 662 g/mol. The lowest BCUT2D eigenvalue weighted by Gasteiger charge is -2.03. The molecule has 0 bridgehead atoms. The summed E-state index contributed by atoms with van der Waals surface area (Å²) in [5, 5.41) is 10.2. The van der Waals surface area contributed by atoms with E-state index in [1.807, 2.05) is 0 Å². The molecule has 20 heteroatoms. The maximum absolute atomic E-state index is 14.4. The number of aromatic nitrogens is 5. The number of hydrogen-bond acceptors (Lipinski definition) is 10. The van der Waals surface area contributed by atoms with Crippen LogP contribution in [0.25, 0.3) is 60.9 Å². The number of fused-ring (bicyclic) bond motifs is 3. The Labute approximate surface area is 256 Å². The zero-order valence-electron chi connectivity index (χ0n) is 22.5. The number of oxazole rings is 2. The zero-order chi connectivity index (χ0) is 34.2. The molecule has 4 heterocycles. The van der Waals surface area contributed by atoms with Crippen molar-refractivity contribution in [2.75, 3.05) is 0 Å². The number of allylic oxidation sites excluding steroid dienone is 1. The van der Waals surface area contributed by atoms with E-state index in [1.165, 1.54) is 12.1 Å². The van der Waals surface area contributed by atoms with Crippen molar-refractivity contribution in [2.24, 2.45) is 9.98 Å². The molecule has 48 heavy (non-hydrogen) atoms. The Hall–Kier alpha value is -7.14. The van der Waals surface area contributed by atoms with Crippen LogP contribution >= 0.6 is 0 Å². The predicted octanol–water partition coefficient (Wildman–Crippen LogP) is 5.85. The highest BCUT2D eigenvalue weighted by Gasteiger charge is 2.30. The van der Waals surface area contributed by atoms with Crippen LogP contribution in [0.3, 0.4) is 0 Å². The average Bonchev–Trinajstić information content (AvgIpc) is 3.85. The molecule has 7 rings (SSSR count). The van der Waals surface area contributed by atoms with Gasteiger partial charge in [-0.1, -0.05) is 0 Å². The first-order valence-corrected chi connectivity index (χ1v) is 12.5. The fourth-order valence-electron chi connectivity index (χ4n) is 4.38. The quantitative estimate of drug-likeness (QED) is 0.0754. The molecule has 3 aromatic carbocycles. The molecular formula is C28H2F8N10O2. The lowest BCUT2D eigenvalue weighted by Crippen LogP contribution is -2.20. The molecule has 0 saturated carbocycles. The molecule has 0 N–H and O–H groups in total. The van der Waals surface area contributed by atoms with Gasteiger partial charge in [0.2, 0.25) is 34.9 Å². The van der Waals surface area contributed by atoms with Gasteiger partial charge < -0.3 is 8.83 Å². The molecule has 0 aliphatic carbocycles. The van der Waals surface area contributed by atoms with Crippen molar-refractivity contribution in [1.29, 1.82) is 5.26 Å². The van der Waals surface area contributed by atoms with Gasteiger partial charge in [-0.25, -0.2) is 56.3 Å². The second kappa shape index (κ2) is 10.5. The van der Waals surface area contributed by atoms with E-state index in [-0.39, 0.29) is 22.1 Å². The smallest absolute Gasteiger partial charge is 0.266 e. The Kier molecular flexibility index (Phi) is 6.44. The highest BCUT2D eigenvalue weighted by molar-refractivity contribution is 5.80. The number of rotatable bonds is 3. The minimum absolute atomic E-state index is 0.0496. The van der Waals surface area contributed by atoms with Gasteiger partial charge in [0, 0.05) is 0 Å². The van der Waals surface area contributed by atoms with Crippen LogP contribution in [0.4, 0.5) is 46.5 Å². The first-order valence-electron chi connectivity index (χ1n) is 12.5. The monoisotopic (exact) mass is 662 g/mol. The molecular weight excluding hydrogens is 660 g/mol. The van der Waals surface area contributed by atoms with Crippen LogP contribution < -0.4 is 10.7 Å². The van der Waals surface area contributed by atoms with Gasteiger partial charge >= 0.3 is 0 Å². The van der Waals surface area contributed by atoms with Gasteiger partial charge in [-0.15, -0.1) is 0 Å². The summed E-state index contributed by atoms with van der Waals surface area (Å²) in [6.45, 7) is 14.5. The van der Waals surface area contributed by atoms with Gasteiger partial charge in [0.05, 0.1) is 23.9 Å². The number of halogens is 8. The van der Waals surface area contributed by atoms with Gasteiger partial charge in [0.15, 0.2) is 68.5 Å². The van der Waals surface area contributed by atoms with Crippen LogP contribution in [-0.4, -0.2) is 24.9 Å². The van der Waals surface area contributed by atoms with E-state index in [9.17, 15) is 40.4 Å². The van der Waals surface area contributed by atoms with Gasteiger partial charge in [-0.05, 0) is 12.1 Å². The van der Waals surface area contributed by atoms with Crippen LogP contribution in [0.2, 0.25) is 0 Å². The zero-order valence-corrected chi connectivity index (χ0v) is 22.5. The molecule has 1 aliphatic rings. The summed E-state index contributed by atoms with van der Waals surface area (Å²) in [6, 6.07) is 4.13. The molecule has 0 fully saturated rings. The molecule has 1 aliphatic heterocycles. The van der Waals surface area contributed by atoms with Gasteiger partial charge in [-0.2, -0.15) is 19.0 Å². The van der Waals surface area contributed by atoms with Crippen molar-refractivity contribution in [3.8, 4) is 29.5 Å². The molecule has 0 spiro atoms. The molecule has 0 unspecified atom stereocenters. The van der Waals surface area contributed by atoms with Crippen LogP contribution in [-0.2, 0) is 0 Å². The summed E-state index contributed by atoms with van der Waals surface area (Å²) in [4.78, 5) is 33.6. The third-order valence-electron chi connectivity index (χ3n) is 6.57. The van der Waals surface area contributed by atoms with Crippen molar-refractivity contribution in [3.05, 3.63) is 104 Å². The van der Waals surface area contributed by atoms with E-state index in [2.05, 4.69) is 44.6 Å². The Morgan fingerprint density at radius 2 is 1.02 bits per heavy atom. The summed E-state index contributed by atoms with van der Waals surface area (Å²) in [5.41, 5.74) is -5.50. The standard InChI is InChI=1S/C28H2F8N10O2/c1-38-7-3-9-10(4-8(7)39-2)41-23(40-9)6(5-37)24-44-25(27-42-19-15(33)11(29)13(31)17(35)21(19)47-27)46-26(45-24)28-43-20-16(34)12(30)14(32)18(36)22(20)48-28/h3-4H. The first-order chi connectivity index (χ1) is 22.9. The van der Waals surface area contributed by atoms with E-state index < -0.39 is 109 Å². The van der Waals surface area contributed by atoms with E-state index >= 15 is 0 Å². The Morgan fingerprint density at radius 3 is 1.42 bits per heavy atom. The SMILES string of the molecule is [C-]#[N+]c1cc2c(cc1[N+]#[C-])=NC(=C(C#N)c1nc(-c3nc4c(F)c(F)c(F)c(F)c4o3)nc(-c3nc4c(F)c(F)c(F)c(F)c4o3)n1)N=2. The number of hydrogen-bond donors (Lipinski definition) is 0. The van der Waals surface area contributed by atoms with Crippen molar-refractivity contribution in [3.63, 3.8) is 0 Å². The van der Waals surface area contributed by atoms with Crippen molar-refractivity contribution >= 4 is 39.1 Å². The van der Waals surface area contributed by atoms with Crippen LogP contribution in [0.5, 0.6) is 0 Å². The molecule has 6 aromatic rings. The summed E-state index contributed by atoms with van der Waals surface area (Å²) < 4.78 is 123. The second-order valence-corrected chi connectivity index (χ2v) is 9.30. The molecule has 0 radical (unpaired) electrons. The lowest BCUT2D eigenvalue weighted by molar-refractivity contribution is 0.410. The van der Waals surface area contributed by atoms with E-state index in [1.54, 1.807) is 6.07 Å². The third-order valence-corrected chi connectivity index (χ3v) is 6.57. The van der Waals surface area contributed by atoms with Gasteiger partial charge in [0.1, 0.15) is 11.6 Å². The Morgan fingerprint density at radius 1 is 0.604 bits per heavy atom. The minimum atomic E-state index is -2.24. The molecule has 232 valence electrons. The van der Waals surface area contributed by atoms with Gasteiger partial charge in [0.25, 0.3) is 11.8 Å². The highest BCUT2D eigenvalue weighted by atomic mass is 19.2. The maximum atomic E-state index is 14.4. The molecule has 12 nitrogen and oxygen atoms in total. The summed E-state index contributed by atoms with van der Waals surface area (Å²) in [7, 11) is 0. The summed E-state index contributed by atoms with van der Waals surface area (Å²) >= 11 is 0. The fraction of sp³-hybridized carbons (Fsp3) is 0. The molecule has 0 amide bonds. The largest absolute Gasteiger partial charge is 0.430 e. The van der Waals surface area contributed by atoms with Crippen LogP contribution in [0, 0.1) is 71.0 Å². The Balaban J connectivity index is 1.51. The van der Waals surface area contributed by atoms with Crippen molar-refractivity contribution < 1.29 is 44.0 Å². The third kappa shape index (κ3) is 4.22. The predicted molar refractivity (Wildman–Crippen MR) is 139 cm³/mol.